The van der Waals surface area contributed by atoms with Gasteiger partial charge in [0, 0.05) is 7.11 Å². The van der Waals surface area contributed by atoms with Gasteiger partial charge in [-0.1, -0.05) is 23.1 Å². The Labute approximate surface area is 161 Å². The fraction of sp³-hybridized carbons (Fsp3) is 0.714. The lowest BCUT2D eigenvalue weighted by Crippen LogP contribution is -2.47. The number of halogens is 1. The van der Waals surface area contributed by atoms with Crippen LogP contribution in [0.15, 0.2) is 4.34 Å². The van der Waals surface area contributed by atoms with E-state index in [4.69, 9.17) is 9.47 Å². The molecule has 142 valence electrons. The summed E-state index contributed by atoms with van der Waals surface area (Å²) in [5.41, 5.74) is -0.538. The van der Waals surface area contributed by atoms with Crippen LogP contribution in [0.2, 0.25) is 0 Å². The fourth-order valence-corrected chi connectivity index (χ4v) is 4.04. The number of hydrogen-bond donors (Lipinski definition) is 2. The zero-order valence-corrected chi connectivity index (χ0v) is 16.7. The van der Waals surface area contributed by atoms with Crippen LogP contribution in [-0.2, 0) is 19.1 Å². The number of methoxy groups -OCH3 is 1. The number of carbonyl (C=O) groups excluding carboxylic acids is 2. The number of ether oxygens (including phenoxy) is 2. The number of rotatable bonds is 8. The van der Waals surface area contributed by atoms with Gasteiger partial charge in [-0.25, -0.2) is 0 Å². The van der Waals surface area contributed by atoms with Crippen molar-refractivity contribution in [3.8, 4) is 0 Å². The van der Waals surface area contributed by atoms with Crippen molar-refractivity contribution in [3.05, 3.63) is 0 Å². The largest absolute Gasteiger partial charge is 0.465 e. The smallest absolute Gasteiger partial charge is 0.316 e. The molecule has 0 aliphatic carbocycles. The molecule has 1 amide bonds. The van der Waals surface area contributed by atoms with Crippen LogP contribution >= 0.6 is 35.5 Å². The number of thioether (sulfide) groups is 1. The highest BCUT2D eigenvalue weighted by molar-refractivity contribution is 8.01. The molecule has 11 heteroatoms. The van der Waals surface area contributed by atoms with E-state index in [1.807, 2.05) is 0 Å². The van der Waals surface area contributed by atoms with E-state index in [1.165, 1.54) is 23.1 Å². The molecule has 2 N–H and O–H groups in total. The van der Waals surface area contributed by atoms with Gasteiger partial charge in [-0.3, -0.25) is 14.9 Å². The van der Waals surface area contributed by atoms with Crippen LogP contribution in [0.5, 0.6) is 0 Å². The summed E-state index contributed by atoms with van der Waals surface area (Å²) < 4.78 is 10.7. The van der Waals surface area contributed by atoms with Crippen molar-refractivity contribution < 1.29 is 19.1 Å². The standard InChI is InChI=1S/C14H22N4O4S2.ClH/c1-3-22-10(19)8-23-13-18-17-12(24-13)16-11(20)14(9-21-2)4-6-15-7-5-14;/h15H,3-9H2,1-2H3,(H,16,17,20);1H. The van der Waals surface area contributed by atoms with Crippen LogP contribution < -0.4 is 10.6 Å². The minimum absolute atomic E-state index is 0. The number of anilines is 1. The van der Waals surface area contributed by atoms with E-state index in [9.17, 15) is 9.59 Å². The fourth-order valence-electron chi connectivity index (χ4n) is 2.49. The van der Waals surface area contributed by atoms with E-state index < -0.39 is 5.41 Å². The Morgan fingerprint density at radius 3 is 2.72 bits per heavy atom. The highest BCUT2D eigenvalue weighted by atomic mass is 35.5. The average molecular weight is 411 g/mol. The third kappa shape index (κ3) is 6.37. The quantitative estimate of drug-likeness (QED) is 0.378. The van der Waals surface area contributed by atoms with Crippen molar-refractivity contribution >= 4 is 52.5 Å². The summed E-state index contributed by atoms with van der Waals surface area (Å²) in [6.45, 7) is 4.07. The van der Waals surface area contributed by atoms with Crippen LogP contribution in [0.25, 0.3) is 0 Å². The molecular weight excluding hydrogens is 388 g/mol. The molecule has 0 atom stereocenters. The Balaban J connectivity index is 0.00000312. The molecule has 1 aromatic rings. The molecular formula is C14H23ClN4O4S2. The van der Waals surface area contributed by atoms with Crippen molar-refractivity contribution in [3.63, 3.8) is 0 Å². The first-order valence-corrected chi connectivity index (χ1v) is 9.53. The van der Waals surface area contributed by atoms with E-state index in [0.717, 1.165) is 25.9 Å². The van der Waals surface area contributed by atoms with Gasteiger partial charge < -0.3 is 14.8 Å². The number of nitrogens with zero attached hydrogens (tertiary/aromatic N) is 2. The number of nitrogens with one attached hydrogen (secondary N) is 2. The van der Waals surface area contributed by atoms with Gasteiger partial charge in [-0.15, -0.1) is 22.6 Å². The van der Waals surface area contributed by atoms with E-state index in [2.05, 4.69) is 20.8 Å². The number of esters is 1. The van der Waals surface area contributed by atoms with Crippen molar-refractivity contribution in [2.45, 2.75) is 24.1 Å². The van der Waals surface area contributed by atoms with Crippen LogP contribution in [0.3, 0.4) is 0 Å². The molecule has 0 bridgehead atoms. The van der Waals surface area contributed by atoms with Gasteiger partial charge in [-0.05, 0) is 32.9 Å². The number of aromatic nitrogens is 2. The summed E-state index contributed by atoms with van der Waals surface area (Å²) >= 11 is 2.49. The molecule has 1 aliphatic heterocycles. The van der Waals surface area contributed by atoms with Gasteiger partial charge in [-0.2, -0.15) is 0 Å². The van der Waals surface area contributed by atoms with Crippen LogP contribution in [0.1, 0.15) is 19.8 Å². The monoisotopic (exact) mass is 410 g/mol. The minimum atomic E-state index is -0.538. The third-order valence-corrected chi connectivity index (χ3v) is 5.65. The Morgan fingerprint density at radius 1 is 1.36 bits per heavy atom. The zero-order chi connectivity index (χ0) is 17.4. The van der Waals surface area contributed by atoms with Crippen LogP contribution in [0, 0.1) is 5.41 Å². The summed E-state index contributed by atoms with van der Waals surface area (Å²) in [6, 6.07) is 0. The Kier molecular flexibility index (Phi) is 9.65. The summed E-state index contributed by atoms with van der Waals surface area (Å²) in [7, 11) is 1.60. The molecule has 0 spiro atoms. The number of hydrogen-bond acceptors (Lipinski definition) is 9. The predicted octanol–water partition coefficient (Wildman–Crippen LogP) is 1.57. The summed E-state index contributed by atoms with van der Waals surface area (Å²) in [4.78, 5) is 24.0. The van der Waals surface area contributed by atoms with E-state index in [0.29, 0.717) is 22.7 Å². The average Bonchev–Trinajstić information content (AvgIpc) is 3.02. The first-order valence-electron chi connectivity index (χ1n) is 7.72. The van der Waals surface area contributed by atoms with E-state index in [1.54, 1.807) is 14.0 Å². The molecule has 2 rings (SSSR count). The molecule has 1 aliphatic rings. The van der Waals surface area contributed by atoms with Crippen LogP contribution in [-0.4, -0.2) is 61.2 Å². The molecule has 0 saturated carbocycles. The van der Waals surface area contributed by atoms with E-state index in [-0.39, 0.29) is 30.0 Å². The van der Waals surface area contributed by atoms with Crippen molar-refractivity contribution in [2.75, 3.05) is 44.5 Å². The topological polar surface area (TPSA) is 102 Å². The first kappa shape index (κ1) is 22.1. The number of carbonyl (C=O) groups is 2. The normalized spacial score (nSPS) is 15.9. The van der Waals surface area contributed by atoms with Crippen molar-refractivity contribution in [2.24, 2.45) is 5.41 Å². The second-order valence-corrected chi connectivity index (χ2v) is 7.58. The molecule has 0 radical (unpaired) electrons. The molecule has 1 aromatic heterocycles. The molecule has 25 heavy (non-hydrogen) atoms. The molecule has 1 saturated heterocycles. The lowest BCUT2D eigenvalue weighted by atomic mass is 9.79. The van der Waals surface area contributed by atoms with Crippen molar-refractivity contribution in [1.82, 2.24) is 15.5 Å². The second-order valence-electron chi connectivity index (χ2n) is 5.38. The summed E-state index contributed by atoms with van der Waals surface area (Å²) in [5, 5.41) is 14.5. The van der Waals surface area contributed by atoms with Gasteiger partial charge in [0.15, 0.2) is 4.34 Å². The maximum atomic E-state index is 12.7. The number of amides is 1. The molecule has 0 aromatic carbocycles. The van der Waals surface area contributed by atoms with Gasteiger partial charge in [0.25, 0.3) is 0 Å². The molecule has 0 unspecified atom stereocenters. The minimum Gasteiger partial charge on any atom is -0.465 e. The third-order valence-electron chi connectivity index (χ3n) is 3.71. The van der Waals surface area contributed by atoms with Gasteiger partial charge in [0.05, 0.1) is 24.4 Å². The molecule has 8 nitrogen and oxygen atoms in total. The SMILES string of the molecule is CCOC(=O)CSc1nnc(NC(=O)C2(COC)CCNCC2)s1.Cl. The molecule has 1 fully saturated rings. The highest BCUT2D eigenvalue weighted by Crippen LogP contribution is 2.32. The summed E-state index contributed by atoms with van der Waals surface area (Å²) in [5.74, 6) is -0.212. The van der Waals surface area contributed by atoms with Crippen molar-refractivity contribution in [1.29, 1.82) is 0 Å². The van der Waals surface area contributed by atoms with Gasteiger partial charge >= 0.3 is 5.97 Å². The number of piperidine rings is 1. The van der Waals surface area contributed by atoms with Crippen LogP contribution in [0.4, 0.5) is 5.13 Å². The Hall–Kier alpha value is -0.940. The second kappa shape index (κ2) is 10.9. The lowest BCUT2D eigenvalue weighted by Gasteiger charge is -2.35. The Bertz CT molecular complexity index is 561. The summed E-state index contributed by atoms with van der Waals surface area (Å²) in [6.07, 6.45) is 1.44. The zero-order valence-electron chi connectivity index (χ0n) is 14.2. The molecule has 2 heterocycles. The first-order chi connectivity index (χ1) is 11.6. The van der Waals surface area contributed by atoms with E-state index >= 15 is 0 Å². The predicted molar refractivity (Wildman–Crippen MR) is 99.6 cm³/mol. The maximum absolute atomic E-state index is 12.7. The highest BCUT2D eigenvalue weighted by Gasteiger charge is 2.40. The van der Waals surface area contributed by atoms with Gasteiger partial charge in [0.1, 0.15) is 0 Å². The maximum Gasteiger partial charge on any atom is 0.316 e. The Morgan fingerprint density at radius 2 is 2.08 bits per heavy atom. The lowest BCUT2D eigenvalue weighted by molar-refractivity contribution is -0.139. The van der Waals surface area contributed by atoms with Gasteiger partial charge in [0.2, 0.25) is 11.0 Å².